The van der Waals surface area contributed by atoms with Gasteiger partial charge in [-0.15, -0.1) is 0 Å². The number of rotatable bonds is 5. The molecular formula is C24H17F2N3O2. The lowest BCUT2D eigenvalue weighted by Crippen LogP contribution is -2.38. The normalized spacial score (nSPS) is 14.8. The molecule has 1 N–H and O–H groups in total. The van der Waals surface area contributed by atoms with Gasteiger partial charge in [0.05, 0.1) is 11.6 Å². The molecule has 0 fully saturated rings. The summed E-state index contributed by atoms with van der Waals surface area (Å²) in [7, 11) is 0. The molecule has 2 amide bonds. The van der Waals surface area contributed by atoms with Gasteiger partial charge in [0.15, 0.2) is 11.6 Å². The summed E-state index contributed by atoms with van der Waals surface area (Å²) < 4.78 is 26.6. The predicted octanol–water partition coefficient (Wildman–Crippen LogP) is 3.85. The minimum absolute atomic E-state index is 0.0132. The Bertz CT molecular complexity index is 1220. The Hall–Kier alpha value is -4.05. The van der Waals surface area contributed by atoms with E-state index in [1.807, 2.05) is 0 Å². The van der Waals surface area contributed by atoms with Gasteiger partial charge < -0.3 is 10.2 Å². The monoisotopic (exact) mass is 417 g/mol. The van der Waals surface area contributed by atoms with Crippen molar-refractivity contribution in [2.45, 2.75) is 19.1 Å². The fraction of sp³-hybridized carbons (Fsp3) is 0.125. The topological polar surface area (TPSA) is 73.2 Å². The molecule has 0 aliphatic carbocycles. The molecule has 0 saturated carbocycles. The predicted molar refractivity (Wildman–Crippen MR) is 108 cm³/mol. The van der Waals surface area contributed by atoms with E-state index in [-0.39, 0.29) is 19.0 Å². The van der Waals surface area contributed by atoms with Crippen LogP contribution < -0.4 is 5.32 Å². The van der Waals surface area contributed by atoms with E-state index < -0.39 is 23.6 Å². The summed E-state index contributed by atoms with van der Waals surface area (Å²) in [6.45, 7) is 0.132. The number of nitriles is 1. The number of halogens is 2. The third kappa shape index (κ3) is 4.01. The van der Waals surface area contributed by atoms with Crippen LogP contribution in [0.2, 0.25) is 0 Å². The maximum Gasteiger partial charge on any atom is 0.255 e. The maximum atomic E-state index is 13.5. The van der Waals surface area contributed by atoms with E-state index in [0.29, 0.717) is 22.3 Å². The Morgan fingerprint density at radius 2 is 1.81 bits per heavy atom. The lowest BCUT2D eigenvalue weighted by atomic mass is 10.0. The Labute approximate surface area is 177 Å². The second kappa shape index (κ2) is 8.36. The first-order chi connectivity index (χ1) is 15.0. The van der Waals surface area contributed by atoms with Gasteiger partial charge in [0, 0.05) is 18.7 Å². The molecule has 1 aliphatic heterocycles. The summed E-state index contributed by atoms with van der Waals surface area (Å²) in [6, 6.07) is 18.3. The number of amides is 2. The summed E-state index contributed by atoms with van der Waals surface area (Å²) >= 11 is 0. The van der Waals surface area contributed by atoms with Gasteiger partial charge in [-0.25, -0.2) is 8.78 Å². The van der Waals surface area contributed by atoms with Crippen molar-refractivity contribution < 1.29 is 18.4 Å². The molecule has 1 atom stereocenters. The zero-order valence-corrected chi connectivity index (χ0v) is 16.3. The summed E-state index contributed by atoms with van der Waals surface area (Å²) in [5, 5.41) is 11.8. The molecule has 0 saturated heterocycles. The zero-order chi connectivity index (χ0) is 22.0. The molecule has 7 heteroatoms. The Balaban J connectivity index is 1.59. The smallest absolute Gasteiger partial charge is 0.255 e. The highest BCUT2D eigenvalue weighted by atomic mass is 19.2. The number of hydrogen-bond acceptors (Lipinski definition) is 3. The van der Waals surface area contributed by atoms with E-state index in [1.165, 1.54) is 11.0 Å². The number of nitrogens with zero attached hydrogens (tertiary/aromatic N) is 2. The fourth-order valence-electron chi connectivity index (χ4n) is 3.69. The first-order valence-corrected chi connectivity index (χ1v) is 9.58. The summed E-state index contributed by atoms with van der Waals surface area (Å²) in [4.78, 5) is 27.5. The van der Waals surface area contributed by atoms with E-state index in [4.69, 9.17) is 5.26 Å². The number of carbonyl (C=O) groups excluding carboxylic acids is 2. The molecule has 1 heterocycles. The van der Waals surface area contributed by atoms with Gasteiger partial charge >= 0.3 is 0 Å². The molecule has 31 heavy (non-hydrogen) atoms. The van der Waals surface area contributed by atoms with Crippen LogP contribution in [-0.4, -0.2) is 16.7 Å². The molecule has 0 radical (unpaired) electrons. The lowest BCUT2D eigenvalue weighted by Gasteiger charge is -2.25. The molecule has 0 spiro atoms. The van der Waals surface area contributed by atoms with Crippen molar-refractivity contribution in [2.75, 3.05) is 0 Å². The van der Waals surface area contributed by atoms with Gasteiger partial charge in [0.25, 0.3) is 5.91 Å². The quantitative estimate of drug-likeness (QED) is 0.685. The minimum Gasteiger partial charge on any atom is -0.350 e. The molecule has 1 aliphatic rings. The van der Waals surface area contributed by atoms with Crippen LogP contribution in [-0.2, 0) is 17.9 Å². The van der Waals surface area contributed by atoms with Crippen LogP contribution in [0.1, 0.15) is 38.7 Å². The maximum absolute atomic E-state index is 13.5. The molecule has 154 valence electrons. The number of hydrogen-bond donors (Lipinski definition) is 1. The van der Waals surface area contributed by atoms with Crippen LogP contribution in [0.15, 0.2) is 66.7 Å². The summed E-state index contributed by atoms with van der Waals surface area (Å²) in [5.74, 6) is -2.67. The van der Waals surface area contributed by atoms with Crippen LogP contribution in [0.4, 0.5) is 8.78 Å². The highest BCUT2D eigenvalue weighted by Crippen LogP contribution is 2.35. The highest BCUT2D eigenvalue weighted by molar-refractivity contribution is 6.04. The van der Waals surface area contributed by atoms with Crippen molar-refractivity contribution in [3.63, 3.8) is 0 Å². The summed E-state index contributed by atoms with van der Waals surface area (Å²) in [5.41, 5.74) is 2.59. The molecule has 3 aromatic carbocycles. The van der Waals surface area contributed by atoms with Gasteiger partial charge in [0.1, 0.15) is 6.04 Å². The average molecular weight is 417 g/mol. The van der Waals surface area contributed by atoms with Crippen molar-refractivity contribution in [1.29, 1.82) is 5.26 Å². The largest absolute Gasteiger partial charge is 0.350 e. The zero-order valence-electron chi connectivity index (χ0n) is 16.3. The van der Waals surface area contributed by atoms with Gasteiger partial charge in [-0.05, 0) is 47.0 Å². The standard InChI is InChI=1S/C24H17F2N3O2/c25-20-9-8-16(11-21(20)26)13-28-23(30)22-18-6-1-2-7-19(18)24(31)29(22)14-17-5-3-4-15(10-17)12-27/h1-11,22H,13-14H2,(H,28,30). The molecular weight excluding hydrogens is 400 g/mol. The van der Waals surface area contributed by atoms with Crippen molar-refractivity contribution >= 4 is 11.8 Å². The van der Waals surface area contributed by atoms with Gasteiger partial charge in [-0.3, -0.25) is 9.59 Å². The highest BCUT2D eigenvalue weighted by Gasteiger charge is 2.40. The molecule has 5 nitrogen and oxygen atoms in total. The van der Waals surface area contributed by atoms with Crippen molar-refractivity contribution in [1.82, 2.24) is 10.2 Å². The van der Waals surface area contributed by atoms with Crippen LogP contribution in [0.5, 0.6) is 0 Å². The van der Waals surface area contributed by atoms with Crippen molar-refractivity contribution in [2.24, 2.45) is 0 Å². The van der Waals surface area contributed by atoms with E-state index in [9.17, 15) is 18.4 Å². The molecule has 1 unspecified atom stereocenters. The first kappa shape index (κ1) is 20.2. The lowest BCUT2D eigenvalue weighted by molar-refractivity contribution is -0.125. The van der Waals surface area contributed by atoms with E-state index in [0.717, 1.165) is 17.7 Å². The van der Waals surface area contributed by atoms with Gasteiger partial charge in [0.2, 0.25) is 5.91 Å². The van der Waals surface area contributed by atoms with Gasteiger partial charge in [-0.1, -0.05) is 36.4 Å². The Morgan fingerprint density at radius 1 is 1.00 bits per heavy atom. The number of fused-ring (bicyclic) bond motifs is 1. The molecule has 3 aromatic rings. The summed E-state index contributed by atoms with van der Waals surface area (Å²) in [6.07, 6.45) is 0. The molecule has 4 rings (SSSR count). The number of benzene rings is 3. The van der Waals surface area contributed by atoms with Gasteiger partial charge in [-0.2, -0.15) is 5.26 Å². The Morgan fingerprint density at radius 3 is 2.58 bits per heavy atom. The second-order valence-corrected chi connectivity index (χ2v) is 7.20. The Kier molecular flexibility index (Phi) is 5.46. The van der Waals surface area contributed by atoms with E-state index in [1.54, 1.807) is 48.5 Å². The molecule has 0 aromatic heterocycles. The fourth-order valence-corrected chi connectivity index (χ4v) is 3.69. The number of nitrogens with one attached hydrogen (secondary N) is 1. The third-order valence-electron chi connectivity index (χ3n) is 5.17. The van der Waals surface area contributed by atoms with E-state index in [2.05, 4.69) is 11.4 Å². The number of carbonyl (C=O) groups is 2. The molecule has 0 bridgehead atoms. The van der Waals surface area contributed by atoms with Crippen LogP contribution in [0.3, 0.4) is 0 Å². The average Bonchev–Trinajstić information content (AvgIpc) is 3.06. The van der Waals surface area contributed by atoms with Crippen LogP contribution >= 0.6 is 0 Å². The van der Waals surface area contributed by atoms with Crippen LogP contribution in [0, 0.1) is 23.0 Å². The first-order valence-electron chi connectivity index (χ1n) is 9.58. The minimum atomic E-state index is -0.993. The second-order valence-electron chi connectivity index (χ2n) is 7.20. The third-order valence-corrected chi connectivity index (χ3v) is 5.17. The van der Waals surface area contributed by atoms with Crippen molar-refractivity contribution in [3.05, 3.63) is 106 Å². The SMILES string of the molecule is N#Cc1cccc(CN2C(=O)c3ccccc3C2C(=O)NCc2ccc(F)c(F)c2)c1. The van der Waals surface area contributed by atoms with Crippen molar-refractivity contribution in [3.8, 4) is 6.07 Å². The van der Waals surface area contributed by atoms with Crippen LogP contribution in [0.25, 0.3) is 0 Å². The van der Waals surface area contributed by atoms with E-state index >= 15 is 0 Å².